The second-order valence-electron chi connectivity index (χ2n) is 5.58. The lowest BCUT2D eigenvalue weighted by molar-refractivity contribution is 0.100. The summed E-state index contributed by atoms with van der Waals surface area (Å²) in [7, 11) is 0. The summed E-state index contributed by atoms with van der Waals surface area (Å²) in [5.41, 5.74) is 9.84. The van der Waals surface area contributed by atoms with E-state index in [0.717, 1.165) is 29.9 Å². The van der Waals surface area contributed by atoms with Crippen molar-refractivity contribution in [3.63, 3.8) is 0 Å². The van der Waals surface area contributed by atoms with Crippen molar-refractivity contribution < 1.29 is 4.79 Å². The number of carbonyl (C=O) groups is 1. The standard InChI is InChI=1S/C17H16N4O/c18-16(22)11-5-3-7-13-15(11)21-17(20-13)14-9-8-10-4-1-2-6-12(10)19-14/h1-7,14,19H,8-9H2,(H2,18,22)(H,20,21). The molecule has 0 saturated heterocycles. The van der Waals surface area contributed by atoms with Gasteiger partial charge in [0.1, 0.15) is 11.3 Å². The maximum atomic E-state index is 11.5. The zero-order chi connectivity index (χ0) is 15.1. The van der Waals surface area contributed by atoms with Crippen LogP contribution in [0, 0.1) is 0 Å². The summed E-state index contributed by atoms with van der Waals surface area (Å²) in [6, 6.07) is 13.9. The van der Waals surface area contributed by atoms with Gasteiger partial charge in [0.25, 0.3) is 5.91 Å². The van der Waals surface area contributed by atoms with Crippen molar-refractivity contribution in [1.82, 2.24) is 9.97 Å². The fraction of sp³-hybridized carbons (Fsp3) is 0.176. The monoisotopic (exact) mass is 292 g/mol. The summed E-state index contributed by atoms with van der Waals surface area (Å²) >= 11 is 0. The highest BCUT2D eigenvalue weighted by molar-refractivity contribution is 6.04. The van der Waals surface area contributed by atoms with Crippen molar-refractivity contribution >= 4 is 22.6 Å². The van der Waals surface area contributed by atoms with Gasteiger partial charge in [0.05, 0.1) is 17.1 Å². The number of rotatable bonds is 2. The van der Waals surface area contributed by atoms with Crippen molar-refractivity contribution in [2.75, 3.05) is 5.32 Å². The molecule has 3 aromatic rings. The maximum Gasteiger partial charge on any atom is 0.250 e. The largest absolute Gasteiger partial charge is 0.375 e. The summed E-state index contributed by atoms with van der Waals surface area (Å²) in [5.74, 6) is 0.392. The predicted molar refractivity (Wildman–Crippen MR) is 85.7 cm³/mol. The Bertz CT molecular complexity index is 868. The quantitative estimate of drug-likeness (QED) is 0.679. The van der Waals surface area contributed by atoms with Crippen molar-refractivity contribution in [2.24, 2.45) is 5.73 Å². The molecule has 5 nitrogen and oxygen atoms in total. The molecule has 0 bridgehead atoms. The van der Waals surface area contributed by atoms with Crippen LogP contribution in [0.15, 0.2) is 42.5 Å². The van der Waals surface area contributed by atoms with Crippen molar-refractivity contribution in [1.29, 1.82) is 0 Å². The van der Waals surface area contributed by atoms with E-state index in [4.69, 9.17) is 5.73 Å². The molecular formula is C17H16N4O. The van der Waals surface area contributed by atoms with Gasteiger partial charge in [-0.15, -0.1) is 0 Å². The van der Waals surface area contributed by atoms with Gasteiger partial charge < -0.3 is 16.0 Å². The van der Waals surface area contributed by atoms with E-state index < -0.39 is 5.91 Å². The number of primary amides is 1. The number of anilines is 1. The lowest BCUT2D eigenvalue weighted by Gasteiger charge is -2.25. The van der Waals surface area contributed by atoms with Crippen LogP contribution in [0.3, 0.4) is 0 Å². The number of H-pyrrole nitrogens is 1. The molecule has 0 spiro atoms. The lowest BCUT2D eigenvalue weighted by atomic mass is 9.98. The van der Waals surface area contributed by atoms with Crippen LogP contribution in [0.4, 0.5) is 5.69 Å². The van der Waals surface area contributed by atoms with Crippen LogP contribution in [0.25, 0.3) is 11.0 Å². The number of carbonyl (C=O) groups excluding carboxylic acids is 1. The normalized spacial score (nSPS) is 17.0. The zero-order valence-corrected chi connectivity index (χ0v) is 12.0. The van der Waals surface area contributed by atoms with Gasteiger partial charge in [-0.1, -0.05) is 24.3 Å². The first-order valence-electron chi connectivity index (χ1n) is 7.35. The Hall–Kier alpha value is -2.82. The van der Waals surface area contributed by atoms with E-state index in [9.17, 15) is 4.79 Å². The van der Waals surface area contributed by atoms with Crippen LogP contribution < -0.4 is 11.1 Å². The molecule has 4 N–H and O–H groups in total. The second-order valence-corrected chi connectivity index (χ2v) is 5.58. The Morgan fingerprint density at radius 1 is 1.18 bits per heavy atom. The molecule has 0 radical (unpaired) electrons. The molecule has 1 amide bonds. The minimum absolute atomic E-state index is 0.114. The molecule has 1 aliphatic heterocycles. The highest BCUT2D eigenvalue weighted by atomic mass is 16.1. The van der Waals surface area contributed by atoms with E-state index in [2.05, 4.69) is 33.5 Å². The molecule has 0 saturated carbocycles. The fourth-order valence-corrected chi connectivity index (χ4v) is 3.06. The van der Waals surface area contributed by atoms with Gasteiger partial charge >= 0.3 is 0 Å². The number of aryl methyl sites for hydroxylation is 1. The molecule has 110 valence electrons. The first-order valence-corrected chi connectivity index (χ1v) is 7.35. The third-order valence-electron chi connectivity index (χ3n) is 4.18. The summed E-state index contributed by atoms with van der Waals surface area (Å²) in [6.07, 6.45) is 1.97. The average molecular weight is 292 g/mol. The highest BCUT2D eigenvalue weighted by Crippen LogP contribution is 2.32. The van der Waals surface area contributed by atoms with Gasteiger partial charge in [-0.25, -0.2) is 4.98 Å². The van der Waals surface area contributed by atoms with Crippen LogP contribution in [-0.2, 0) is 6.42 Å². The number of fused-ring (bicyclic) bond motifs is 2. The molecule has 0 fully saturated rings. The van der Waals surface area contributed by atoms with Crippen LogP contribution in [0.5, 0.6) is 0 Å². The van der Waals surface area contributed by atoms with E-state index in [1.807, 2.05) is 18.2 Å². The van der Waals surface area contributed by atoms with Gasteiger partial charge in [-0.3, -0.25) is 4.79 Å². The summed E-state index contributed by atoms with van der Waals surface area (Å²) in [4.78, 5) is 19.4. The van der Waals surface area contributed by atoms with Gasteiger partial charge in [-0.2, -0.15) is 0 Å². The second kappa shape index (κ2) is 4.87. The van der Waals surface area contributed by atoms with Crippen LogP contribution in [0.1, 0.15) is 34.2 Å². The smallest absolute Gasteiger partial charge is 0.250 e. The first kappa shape index (κ1) is 12.9. The number of nitrogens with one attached hydrogen (secondary N) is 2. The Labute approximate surface area is 127 Å². The third kappa shape index (κ3) is 2.02. The van der Waals surface area contributed by atoms with E-state index in [0.29, 0.717) is 11.1 Å². The summed E-state index contributed by atoms with van der Waals surface area (Å²) in [5, 5.41) is 3.51. The molecule has 4 rings (SSSR count). The van der Waals surface area contributed by atoms with Gasteiger partial charge in [0, 0.05) is 5.69 Å². The number of imidazole rings is 1. The van der Waals surface area contributed by atoms with E-state index >= 15 is 0 Å². The average Bonchev–Trinajstić information content (AvgIpc) is 2.98. The molecule has 5 heteroatoms. The third-order valence-corrected chi connectivity index (χ3v) is 4.18. The van der Waals surface area contributed by atoms with Crippen molar-refractivity contribution in [3.8, 4) is 0 Å². The number of nitrogens with zero attached hydrogens (tertiary/aromatic N) is 1. The number of hydrogen-bond donors (Lipinski definition) is 3. The Kier molecular flexibility index (Phi) is 2.85. The van der Waals surface area contributed by atoms with Gasteiger partial charge in [0.2, 0.25) is 0 Å². The fourth-order valence-electron chi connectivity index (χ4n) is 3.06. The number of amides is 1. The van der Waals surface area contributed by atoms with Crippen LogP contribution in [0.2, 0.25) is 0 Å². The Balaban J connectivity index is 1.74. The topological polar surface area (TPSA) is 83.8 Å². The molecule has 22 heavy (non-hydrogen) atoms. The van der Waals surface area contributed by atoms with Gasteiger partial charge in [-0.05, 0) is 36.6 Å². The zero-order valence-electron chi connectivity index (χ0n) is 12.0. The van der Waals surface area contributed by atoms with E-state index in [-0.39, 0.29) is 6.04 Å². The molecular weight excluding hydrogens is 276 g/mol. The molecule has 1 aliphatic rings. The number of aromatic nitrogens is 2. The van der Waals surface area contributed by atoms with Crippen molar-refractivity contribution in [3.05, 3.63) is 59.4 Å². The molecule has 1 unspecified atom stereocenters. The predicted octanol–water partition coefficient (Wildman–Crippen LogP) is 2.76. The first-order chi connectivity index (χ1) is 10.7. The number of nitrogens with two attached hydrogens (primary N) is 1. The van der Waals surface area contributed by atoms with E-state index in [1.165, 1.54) is 5.56 Å². The highest BCUT2D eigenvalue weighted by Gasteiger charge is 2.22. The molecule has 2 aromatic carbocycles. The Morgan fingerprint density at radius 3 is 2.91 bits per heavy atom. The van der Waals surface area contributed by atoms with Gasteiger partial charge in [0.15, 0.2) is 0 Å². The summed E-state index contributed by atoms with van der Waals surface area (Å²) < 4.78 is 0. The number of benzene rings is 2. The number of hydrogen-bond acceptors (Lipinski definition) is 3. The van der Waals surface area contributed by atoms with Crippen LogP contribution in [-0.4, -0.2) is 15.9 Å². The van der Waals surface area contributed by atoms with Crippen molar-refractivity contribution in [2.45, 2.75) is 18.9 Å². The van der Waals surface area contributed by atoms with Crippen LogP contribution >= 0.6 is 0 Å². The molecule has 2 heterocycles. The minimum Gasteiger partial charge on any atom is -0.375 e. The SMILES string of the molecule is NC(=O)c1cccc2[nH]c(C3CCc4ccccc4N3)nc12. The molecule has 1 atom stereocenters. The lowest BCUT2D eigenvalue weighted by Crippen LogP contribution is -2.19. The number of aromatic amines is 1. The molecule has 0 aliphatic carbocycles. The maximum absolute atomic E-state index is 11.5. The number of para-hydroxylation sites is 2. The van der Waals surface area contributed by atoms with E-state index in [1.54, 1.807) is 6.07 Å². The molecule has 1 aromatic heterocycles. The Morgan fingerprint density at radius 2 is 2.05 bits per heavy atom. The summed E-state index contributed by atoms with van der Waals surface area (Å²) in [6.45, 7) is 0. The minimum atomic E-state index is -0.453.